The maximum absolute atomic E-state index is 4.47. The summed E-state index contributed by atoms with van der Waals surface area (Å²) in [5.41, 5.74) is 0. The molecule has 1 saturated carbocycles. The Balaban J connectivity index is 2.02. The van der Waals surface area contributed by atoms with Crippen LogP contribution in [0, 0.1) is 17.8 Å². The van der Waals surface area contributed by atoms with Crippen LogP contribution in [0.2, 0.25) is 0 Å². The summed E-state index contributed by atoms with van der Waals surface area (Å²) in [6.07, 6.45) is 9.23. The molecule has 1 aliphatic carbocycles. The molecular weight excluding hydrogens is 210 g/mol. The van der Waals surface area contributed by atoms with Crippen molar-refractivity contribution in [3.63, 3.8) is 0 Å². The molecule has 1 N–H and O–H groups in total. The molecule has 3 unspecified atom stereocenters. The van der Waals surface area contributed by atoms with E-state index in [2.05, 4.69) is 42.1 Å². The Bertz CT molecular complexity index is 345. The van der Waals surface area contributed by atoms with Crippen molar-refractivity contribution in [1.82, 2.24) is 14.9 Å². The van der Waals surface area contributed by atoms with Crippen LogP contribution in [0.15, 0.2) is 12.4 Å². The lowest BCUT2D eigenvalue weighted by Gasteiger charge is -2.34. The first-order valence-corrected chi connectivity index (χ1v) is 6.81. The zero-order valence-corrected chi connectivity index (χ0v) is 11.3. The fourth-order valence-electron chi connectivity index (χ4n) is 3.17. The molecule has 0 bridgehead atoms. The van der Waals surface area contributed by atoms with Crippen molar-refractivity contribution in [2.75, 3.05) is 13.6 Å². The Morgan fingerprint density at radius 3 is 2.88 bits per heavy atom. The number of nitrogens with one attached hydrogen (secondary N) is 1. The van der Waals surface area contributed by atoms with Gasteiger partial charge in [0.2, 0.25) is 0 Å². The van der Waals surface area contributed by atoms with E-state index in [0.717, 1.165) is 30.7 Å². The van der Waals surface area contributed by atoms with Gasteiger partial charge in [0.05, 0.1) is 0 Å². The van der Waals surface area contributed by atoms with Gasteiger partial charge in [-0.25, -0.2) is 4.98 Å². The Hall–Kier alpha value is -0.830. The van der Waals surface area contributed by atoms with Crippen LogP contribution in [0.4, 0.5) is 0 Å². The molecule has 0 saturated heterocycles. The second kappa shape index (κ2) is 5.67. The Labute approximate surface area is 105 Å². The average molecular weight is 235 g/mol. The number of hydrogen-bond donors (Lipinski definition) is 1. The van der Waals surface area contributed by atoms with Crippen molar-refractivity contribution in [3.05, 3.63) is 18.2 Å². The van der Waals surface area contributed by atoms with Crippen molar-refractivity contribution < 1.29 is 0 Å². The van der Waals surface area contributed by atoms with E-state index in [-0.39, 0.29) is 0 Å². The molecule has 1 fully saturated rings. The molecule has 96 valence electrons. The zero-order valence-electron chi connectivity index (χ0n) is 11.3. The molecule has 17 heavy (non-hydrogen) atoms. The molecule has 0 radical (unpaired) electrons. The topological polar surface area (TPSA) is 29.9 Å². The van der Waals surface area contributed by atoms with Gasteiger partial charge in [0.25, 0.3) is 0 Å². The summed E-state index contributed by atoms with van der Waals surface area (Å²) in [5.74, 6) is 3.75. The highest BCUT2D eigenvalue weighted by Gasteiger charge is 2.28. The number of hydrogen-bond acceptors (Lipinski definition) is 2. The van der Waals surface area contributed by atoms with Crippen molar-refractivity contribution in [2.24, 2.45) is 24.8 Å². The van der Waals surface area contributed by atoms with E-state index in [1.54, 1.807) is 0 Å². The fraction of sp³-hybridized carbons (Fsp3) is 0.786. The van der Waals surface area contributed by atoms with Crippen LogP contribution in [0.25, 0.3) is 0 Å². The van der Waals surface area contributed by atoms with Crippen molar-refractivity contribution in [2.45, 2.75) is 32.6 Å². The minimum atomic E-state index is 0.798. The Morgan fingerprint density at radius 2 is 2.24 bits per heavy atom. The molecule has 0 aromatic carbocycles. The van der Waals surface area contributed by atoms with E-state index in [1.807, 2.05) is 6.20 Å². The maximum Gasteiger partial charge on any atom is 0.108 e. The second-order valence-electron chi connectivity index (χ2n) is 5.65. The first-order valence-electron chi connectivity index (χ1n) is 6.81. The lowest BCUT2D eigenvalue weighted by atomic mass is 9.73. The van der Waals surface area contributed by atoms with E-state index in [1.165, 1.54) is 25.1 Å². The van der Waals surface area contributed by atoms with Gasteiger partial charge in [-0.1, -0.05) is 13.3 Å². The van der Waals surface area contributed by atoms with Gasteiger partial charge in [0.1, 0.15) is 5.82 Å². The summed E-state index contributed by atoms with van der Waals surface area (Å²) in [6.45, 7) is 3.54. The highest BCUT2D eigenvalue weighted by Crippen LogP contribution is 2.35. The summed E-state index contributed by atoms with van der Waals surface area (Å²) in [4.78, 5) is 4.47. The van der Waals surface area contributed by atoms with Crippen LogP contribution in [-0.2, 0) is 13.5 Å². The van der Waals surface area contributed by atoms with Gasteiger partial charge in [0.15, 0.2) is 0 Å². The van der Waals surface area contributed by atoms with Crippen LogP contribution < -0.4 is 5.32 Å². The standard InChI is InChI=1S/C14H25N3/c1-11-4-5-12(10-15-2)13(8-11)9-14-16-6-7-17(14)3/h6-7,11-13,15H,4-5,8-10H2,1-3H3. The highest BCUT2D eigenvalue weighted by molar-refractivity contribution is 4.95. The predicted molar refractivity (Wildman–Crippen MR) is 70.8 cm³/mol. The Kier molecular flexibility index (Phi) is 4.21. The number of rotatable bonds is 4. The van der Waals surface area contributed by atoms with Gasteiger partial charge >= 0.3 is 0 Å². The average Bonchev–Trinajstić information content (AvgIpc) is 2.69. The third-order valence-corrected chi connectivity index (χ3v) is 4.23. The molecule has 1 aromatic rings. The van der Waals surface area contributed by atoms with E-state index in [4.69, 9.17) is 0 Å². The minimum absolute atomic E-state index is 0.798. The lowest BCUT2D eigenvalue weighted by Crippen LogP contribution is -2.32. The molecule has 1 heterocycles. The second-order valence-corrected chi connectivity index (χ2v) is 5.65. The van der Waals surface area contributed by atoms with Gasteiger partial charge in [0, 0.05) is 25.9 Å². The van der Waals surface area contributed by atoms with Crippen LogP contribution in [0.1, 0.15) is 32.0 Å². The highest BCUT2D eigenvalue weighted by atomic mass is 15.0. The third kappa shape index (κ3) is 3.09. The summed E-state index contributed by atoms with van der Waals surface area (Å²) < 4.78 is 2.16. The van der Waals surface area contributed by atoms with Crippen molar-refractivity contribution >= 4 is 0 Å². The normalized spacial score (nSPS) is 29.5. The minimum Gasteiger partial charge on any atom is -0.338 e. The van der Waals surface area contributed by atoms with Gasteiger partial charge < -0.3 is 9.88 Å². The van der Waals surface area contributed by atoms with E-state index < -0.39 is 0 Å². The largest absolute Gasteiger partial charge is 0.338 e. The number of aryl methyl sites for hydroxylation is 1. The molecule has 3 atom stereocenters. The molecule has 1 aliphatic rings. The van der Waals surface area contributed by atoms with Crippen LogP contribution in [0.5, 0.6) is 0 Å². The van der Waals surface area contributed by atoms with Gasteiger partial charge in [-0.05, 0) is 44.2 Å². The fourth-order valence-corrected chi connectivity index (χ4v) is 3.17. The van der Waals surface area contributed by atoms with E-state index >= 15 is 0 Å². The molecule has 2 rings (SSSR count). The van der Waals surface area contributed by atoms with Gasteiger partial charge in [-0.2, -0.15) is 0 Å². The van der Waals surface area contributed by atoms with Crippen LogP contribution in [0.3, 0.4) is 0 Å². The summed E-state index contributed by atoms with van der Waals surface area (Å²) >= 11 is 0. The quantitative estimate of drug-likeness (QED) is 0.867. The molecular formula is C14H25N3. The van der Waals surface area contributed by atoms with Crippen molar-refractivity contribution in [1.29, 1.82) is 0 Å². The maximum atomic E-state index is 4.47. The zero-order chi connectivity index (χ0) is 12.3. The van der Waals surface area contributed by atoms with Gasteiger partial charge in [-0.3, -0.25) is 0 Å². The van der Waals surface area contributed by atoms with Crippen LogP contribution >= 0.6 is 0 Å². The number of nitrogens with zero attached hydrogens (tertiary/aromatic N) is 2. The first-order chi connectivity index (χ1) is 8.20. The molecule has 3 nitrogen and oxygen atoms in total. The summed E-state index contributed by atoms with van der Waals surface area (Å²) in [5, 5.41) is 3.35. The van der Waals surface area contributed by atoms with Crippen LogP contribution in [-0.4, -0.2) is 23.1 Å². The van der Waals surface area contributed by atoms with Gasteiger partial charge in [-0.15, -0.1) is 0 Å². The molecule has 1 aromatic heterocycles. The predicted octanol–water partition coefficient (Wildman–Crippen LogP) is 2.23. The summed E-state index contributed by atoms with van der Waals surface area (Å²) in [7, 11) is 4.16. The molecule has 0 aliphatic heterocycles. The smallest absolute Gasteiger partial charge is 0.108 e. The summed E-state index contributed by atoms with van der Waals surface area (Å²) in [6, 6.07) is 0. The molecule has 0 spiro atoms. The molecule has 3 heteroatoms. The van der Waals surface area contributed by atoms with Crippen molar-refractivity contribution in [3.8, 4) is 0 Å². The first kappa shape index (κ1) is 12.6. The van der Waals surface area contributed by atoms with E-state index in [0.29, 0.717) is 0 Å². The number of aromatic nitrogens is 2. The van der Waals surface area contributed by atoms with E-state index in [9.17, 15) is 0 Å². The Morgan fingerprint density at radius 1 is 1.41 bits per heavy atom. The molecule has 0 amide bonds. The SMILES string of the molecule is CNCC1CCC(C)CC1Cc1nccn1C. The lowest BCUT2D eigenvalue weighted by molar-refractivity contribution is 0.183. The monoisotopic (exact) mass is 235 g/mol. The number of imidazole rings is 1. The third-order valence-electron chi connectivity index (χ3n) is 4.23.